The molecule has 0 saturated carbocycles. The highest BCUT2D eigenvalue weighted by Crippen LogP contribution is 2.26. The van der Waals surface area contributed by atoms with Gasteiger partial charge in [0.25, 0.3) is 0 Å². The molecule has 1 aromatic carbocycles. The van der Waals surface area contributed by atoms with Crippen molar-refractivity contribution in [1.82, 2.24) is 14.8 Å². The van der Waals surface area contributed by atoms with Gasteiger partial charge in [0.2, 0.25) is 5.28 Å². The monoisotopic (exact) mass is 299 g/mol. The van der Waals surface area contributed by atoms with Gasteiger partial charge in [-0.25, -0.2) is 0 Å². The maximum atomic E-state index is 6.04. The van der Waals surface area contributed by atoms with Gasteiger partial charge in [0.15, 0.2) is 0 Å². The first kappa shape index (κ1) is 11.6. The lowest BCUT2D eigenvalue weighted by molar-refractivity contribution is 0.951. The number of aryl methyl sites for hydroxylation is 3. The van der Waals surface area contributed by atoms with Crippen LogP contribution in [0.15, 0.2) is 16.6 Å². The van der Waals surface area contributed by atoms with E-state index in [-0.39, 0.29) is 0 Å². The second kappa shape index (κ2) is 4.18. The zero-order valence-electron chi connectivity index (χ0n) is 9.25. The van der Waals surface area contributed by atoms with Gasteiger partial charge in [0.05, 0.1) is 5.69 Å². The second-order valence-electron chi connectivity index (χ2n) is 3.74. The molecule has 16 heavy (non-hydrogen) atoms. The fourth-order valence-corrected chi connectivity index (χ4v) is 2.78. The van der Waals surface area contributed by atoms with Gasteiger partial charge in [0, 0.05) is 4.47 Å². The third kappa shape index (κ3) is 1.87. The predicted octanol–water partition coefficient (Wildman–Crippen LogP) is 3.61. The lowest BCUT2D eigenvalue weighted by atomic mass is 10.1. The molecular weight excluding hydrogens is 289 g/mol. The summed E-state index contributed by atoms with van der Waals surface area (Å²) in [6.45, 7) is 5.98. The Morgan fingerprint density at radius 2 is 1.69 bits per heavy atom. The number of hydrogen-bond acceptors (Lipinski definition) is 2. The highest BCUT2D eigenvalue weighted by molar-refractivity contribution is 9.10. The van der Waals surface area contributed by atoms with Crippen LogP contribution in [0.4, 0.5) is 0 Å². The fourth-order valence-electron chi connectivity index (χ4n) is 1.85. The second-order valence-corrected chi connectivity index (χ2v) is 4.99. The van der Waals surface area contributed by atoms with Crippen molar-refractivity contribution in [2.24, 2.45) is 0 Å². The molecule has 0 amide bonds. The molecule has 3 nitrogen and oxygen atoms in total. The quantitative estimate of drug-likeness (QED) is 0.805. The van der Waals surface area contributed by atoms with E-state index in [9.17, 15) is 0 Å². The van der Waals surface area contributed by atoms with E-state index in [0.29, 0.717) is 5.28 Å². The van der Waals surface area contributed by atoms with Crippen molar-refractivity contribution in [3.8, 4) is 5.69 Å². The Morgan fingerprint density at radius 3 is 2.12 bits per heavy atom. The van der Waals surface area contributed by atoms with Crippen molar-refractivity contribution >= 4 is 27.5 Å². The van der Waals surface area contributed by atoms with Crippen LogP contribution in [-0.2, 0) is 0 Å². The molecule has 0 unspecified atom stereocenters. The molecule has 0 N–H and O–H groups in total. The van der Waals surface area contributed by atoms with Crippen LogP contribution in [0.3, 0.4) is 0 Å². The van der Waals surface area contributed by atoms with Crippen molar-refractivity contribution < 1.29 is 0 Å². The summed E-state index contributed by atoms with van der Waals surface area (Å²) in [6, 6.07) is 4.11. The van der Waals surface area contributed by atoms with Crippen LogP contribution < -0.4 is 0 Å². The van der Waals surface area contributed by atoms with Crippen molar-refractivity contribution in [2.45, 2.75) is 20.8 Å². The molecule has 1 aromatic heterocycles. The van der Waals surface area contributed by atoms with E-state index >= 15 is 0 Å². The topological polar surface area (TPSA) is 30.7 Å². The Balaban J connectivity index is 2.74. The zero-order valence-corrected chi connectivity index (χ0v) is 11.6. The molecule has 0 bridgehead atoms. The van der Waals surface area contributed by atoms with Crippen molar-refractivity contribution in [1.29, 1.82) is 0 Å². The molecule has 2 rings (SSSR count). The number of halogens is 2. The van der Waals surface area contributed by atoms with Gasteiger partial charge < -0.3 is 0 Å². The average Bonchev–Trinajstić information content (AvgIpc) is 2.47. The highest BCUT2D eigenvalue weighted by atomic mass is 79.9. The van der Waals surface area contributed by atoms with E-state index in [0.717, 1.165) is 27.1 Å². The molecule has 84 valence electrons. The Bertz CT molecular complexity index is 506. The van der Waals surface area contributed by atoms with E-state index in [1.54, 1.807) is 0 Å². The molecule has 0 aliphatic rings. The molecule has 0 saturated heterocycles. The lowest BCUT2D eigenvalue weighted by Gasteiger charge is -2.13. The van der Waals surface area contributed by atoms with E-state index < -0.39 is 0 Å². The van der Waals surface area contributed by atoms with Crippen LogP contribution in [0.2, 0.25) is 5.28 Å². The van der Waals surface area contributed by atoms with Gasteiger partial charge >= 0.3 is 0 Å². The van der Waals surface area contributed by atoms with Gasteiger partial charge in [-0.15, -0.1) is 10.2 Å². The summed E-state index contributed by atoms with van der Waals surface area (Å²) in [7, 11) is 0. The first-order valence-electron chi connectivity index (χ1n) is 4.85. The molecule has 0 aliphatic heterocycles. The number of benzene rings is 1. The Labute approximate surface area is 108 Å². The summed E-state index contributed by atoms with van der Waals surface area (Å²) in [5, 5.41) is 8.22. The molecule has 0 spiro atoms. The van der Waals surface area contributed by atoms with E-state index in [2.05, 4.69) is 38.3 Å². The Hall–Kier alpha value is -0.870. The van der Waals surface area contributed by atoms with Crippen molar-refractivity contribution in [3.63, 3.8) is 0 Å². The Kier molecular flexibility index (Phi) is 3.04. The fraction of sp³-hybridized carbons (Fsp3) is 0.273. The van der Waals surface area contributed by atoms with Crippen LogP contribution in [0.25, 0.3) is 5.69 Å². The SMILES string of the molecule is Cc1cc(Br)cc(C)c1-n1c(C)nnc1Cl. The standard InChI is InChI=1S/C11H11BrClN3/c1-6-4-9(12)5-7(2)10(6)16-8(3)14-15-11(16)13/h4-5H,1-3H3. The Morgan fingerprint density at radius 1 is 1.12 bits per heavy atom. The van der Waals surface area contributed by atoms with Crippen molar-refractivity contribution in [3.05, 3.63) is 38.8 Å². The number of rotatable bonds is 1. The third-order valence-electron chi connectivity index (χ3n) is 2.46. The largest absolute Gasteiger partial charge is 0.269 e. The van der Waals surface area contributed by atoms with Gasteiger partial charge in [-0.3, -0.25) is 4.57 Å². The van der Waals surface area contributed by atoms with E-state index in [1.165, 1.54) is 0 Å². The number of hydrogen-bond donors (Lipinski definition) is 0. The molecule has 0 radical (unpaired) electrons. The van der Waals surface area contributed by atoms with Crippen LogP contribution in [-0.4, -0.2) is 14.8 Å². The summed E-state index contributed by atoms with van der Waals surface area (Å²) >= 11 is 9.51. The minimum Gasteiger partial charge on any atom is -0.269 e. The predicted molar refractivity (Wildman–Crippen MR) is 68.3 cm³/mol. The molecular formula is C11H11BrClN3. The van der Waals surface area contributed by atoms with Crippen LogP contribution in [0, 0.1) is 20.8 Å². The smallest absolute Gasteiger partial charge is 0.229 e. The molecule has 0 atom stereocenters. The zero-order chi connectivity index (χ0) is 11.9. The van der Waals surface area contributed by atoms with Gasteiger partial charge in [-0.2, -0.15) is 0 Å². The molecule has 2 aromatic rings. The average molecular weight is 301 g/mol. The third-order valence-corrected chi connectivity index (χ3v) is 3.17. The van der Waals surface area contributed by atoms with Gasteiger partial charge in [0.1, 0.15) is 5.82 Å². The van der Waals surface area contributed by atoms with Gasteiger partial charge in [-0.1, -0.05) is 15.9 Å². The first-order valence-corrected chi connectivity index (χ1v) is 6.02. The molecule has 0 fully saturated rings. The molecule has 0 aliphatic carbocycles. The molecule has 5 heteroatoms. The molecule has 1 heterocycles. The minimum absolute atomic E-state index is 0.394. The number of nitrogens with zero attached hydrogens (tertiary/aromatic N) is 3. The van der Waals surface area contributed by atoms with Crippen LogP contribution in [0.1, 0.15) is 17.0 Å². The summed E-state index contributed by atoms with van der Waals surface area (Å²) in [4.78, 5) is 0. The van der Waals surface area contributed by atoms with Crippen LogP contribution in [0.5, 0.6) is 0 Å². The summed E-state index contributed by atoms with van der Waals surface area (Å²) in [5.74, 6) is 0.790. The summed E-state index contributed by atoms with van der Waals surface area (Å²) in [5.41, 5.74) is 3.32. The summed E-state index contributed by atoms with van der Waals surface area (Å²) in [6.07, 6.45) is 0. The lowest BCUT2D eigenvalue weighted by Crippen LogP contribution is -2.02. The maximum absolute atomic E-state index is 6.04. The van der Waals surface area contributed by atoms with Crippen molar-refractivity contribution in [2.75, 3.05) is 0 Å². The van der Waals surface area contributed by atoms with E-state index in [1.807, 2.05) is 25.3 Å². The summed E-state index contributed by atoms with van der Waals surface area (Å²) < 4.78 is 2.92. The first-order chi connectivity index (χ1) is 7.50. The van der Waals surface area contributed by atoms with Crippen LogP contribution >= 0.6 is 27.5 Å². The maximum Gasteiger partial charge on any atom is 0.229 e. The van der Waals surface area contributed by atoms with Gasteiger partial charge in [-0.05, 0) is 55.6 Å². The highest BCUT2D eigenvalue weighted by Gasteiger charge is 2.13. The van der Waals surface area contributed by atoms with E-state index in [4.69, 9.17) is 11.6 Å². The minimum atomic E-state index is 0.394. The number of aromatic nitrogens is 3. The normalized spacial score (nSPS) is 10.8.